The maximum absolute atomic E-state index is 11.1. The highest BCUT2D eigenvalue weighted by molar-refractivity contribution is 8.03. The number of aryl methyl sites for hydroxylation is 2. The number of thiazole rings is 1. The molecule has 1 aliphatic heterocycles. The summed E-state index contributed by atoms with van der Waals surface area (Å²) in [4.78, 5) is 3.08. The molecule has 0 atom stereocenters. The molecule has 0 saturated heterocycles. The lowest BCUT2D eigenvalue weighted by molar-refractivity contribution is -0.693. The van der Waals surface area contributed by atoms with Gasteiger partial charge in [-0.3, -0.25) is 0 Å². The highest BCUT2D eigenvalue weighted by Gasteiger charge is 2.25. The van der Waals surface area contributed by atoms with Crippen LogP contribution in [0.1, 0.15) is 31.7 Å². The predicted molar refractivity (Wildman–Crippen MR) is 174 cm³/mol. The molecule has 234 valence electrons. The molecule has 9 nitrogen and oxygen atoms in total. The van der Waals surface area contributed by atoms with E-state index in [2.05, 4.69) is 23.9 Å². The molecule has 3 heterocycles. The Bertz CT molecular complexity index is 1850. The van der Waals surface area contributed by atoms with Crippen LogP contribution < -0.4 is 14.0 Å². The van der Waals surface area contributed by atoms with Crippen molar-refractivity contribution < 1.29 is 35.1 Å². The summed E-state index contributed by atoms with van der Waals surface area (Å²) in [6.45, 7) is 5.95. The molecule has 44 heavy (non-hydrogen) atoms. The van der Waals surface area contributed by atoms with E-state index >= 15 is 0 Å². The number of hydrogen-bond acceptors (Lipinski definition) is 9. The van der Waals surface area contributed by atoms with E-state index in [0.717, 1.165) is 43.0 Å². The summed E-state index contributed by atoms with van der Waals surface area (Å²) < 4.78 is 71.8. The number of rotatable bonds is 11. The van der Waals surface area contributed by atoms with E-state index < -0.39 is 31.7 Å². The number of pyridine rings is 1. The molecule has 2 aromatic carbocycles. The fraction of sp³-hybridized carbons (Fsp3) is 0.290. The van der Waals surface area contributed by atoms with Gasteiger partial charge in [-0.2, -0.15) is 4.57 Å². The average Bonchev–Trinajstić information content (AvgIpc) is 3.49. The minimum atomic E-state index is -4.28. The Morgan fingerprint density at radius 2 is 1.55 bits per heavy atom. The first kappa shape index (κ1) is 33.8. The van der Waals surface area contributed by atoms with Crippen molar-refractivity contribution in [3.8, 4) is 0 Å². The molecule has 1 aliphatic rings. The zero-order valence-corrected chi connectivity index (χ0v) is 27.8. The van der Waals surface area contributed by atoms with Gasteiger partial charge >= 0.3 is 0 Å². The van der Waals surface area contributed by atoms with E-state index in [9.17, 15) is 25.9 Å². The molecule has 0 unspecified atom stereocenters. The van der Waals surface area contributed by atoms with Gasteiger partial charge in [0.05, 0.1) is 31.0 Å². The molecule has 0 N–H and O–H groups in total. The Balaban J connectivity index is 0.000000479. The highest BCUT2D eigenvalue weighted by Crippen LogP contribution is 2.46. The van der Waals surface area contributed by atoms with Crippen LogP contribution >= 0.6 is 23.1 Å². The molecule has 2 aromatic heterocycles. The van der Waals surface area contributed by atoms with E-state index in [1.165, 1.54) is 0 Å². The molecular weight excluding hydrogens is 639 g/mol. The van der Waals surface area contributed by atoms with Crippen LogP contribution in [0, 0.1) is 0 Å². The van der Waals surface area contributed by atoms with Gasteiger partial charge in [0.1, 0.15) is 11.2 Å². The maximum atomic E-state index is 11.1. The van der Waals surface area contributed by atoms with Crippen molar-refractivity contribution >= 4 is 65.3 Å². The quantitative estimate of drug-likeness (QED) is 0.163. The summed E-state index contributed by atoms with van der Waals surface area (Å²) >= 11 is 3.16. The van der Waals surface area contributed by atoms with E-state index in [-0.39, 0.29) is 12.8 Å². The topological polar surface area (TPSA) is 125 Å². The van der Waals surface area contributed by atoms with Crippen molar-refractivity contribution in [3.05, 3.63) is 101 Å². The molecule has 0 saturated carbocycles. The summed E-state index contributed by atoms with van der Waals surface area (Å²) in [5, 5.41) is 1.86. The number of nitrogens with zero attached hydrogens (tertiary/aromatic N) is 3. The van der Waals surface area contributed by atoms with E-state index in [1.54, 1.807) is 23.1 Å². The molecular formula is C31H35N3O6S4. The lowest BCUT2D eigenvalue weighted by atomic mass is 10.2. The molecule has 0 spiro atoms. The fourth-order valence-corrected chi connectivity index (χ4v) is 8.02. The Morgan fingerprint density at radius 1 is 0.886 bits per heavy atom. The predicted octanol–water partition coefficient (Wildman–Crippen LogP) is 4.91. The van der Waals surface area contributed by atoms with Gasteiger partial charge in [-0.05, 0) is 50.1 Å². The third-order valence-electron chi connectivity index (χ3n) is 6.67. The van der Waals surface area contributed by atoms with Gasteiger partial charge in [-0.25, -0.2) is 21.4 Å². The number of thioether (sulfide) groups is 1. The monoisotopic (exact) mass is 673 g/mol. The number of allylic oxidation sites excluding steroid dienone is 2. The van der Waals surface area contributed by atoms with Crippen LogP contribution in [0.4, 0.5) is 5.69 Å². The second kappa shape index (κ2) is 15.3. The van der Waals surface area contributed by atoms with Crippen LogP contribution in [-0.2, 0) is 33.3 Å². The third-order valence-corrected chi connectivity index (χ3v) is 10.5. The normalized spacial score (nSPS) is 14.5. The van der Waals surface area contributed by atoms with Gasteiger partial charge < -0.3 is 14.0 Å². The minimum Gasteiger partial charge on any atom is -0.748 e. The number of aromatic nitrogens is 2. The van der Waals surface area contributed by atoms with Gasteiger partial charge in [0, 0.05) is 53.6 Å². The zero-order chi connectivity index (χ0) is 31.7. The summed E-state index contributed by atoms with van der Waals surface area (Å²) in [7, 11) is -8.56. The van der Waals surface area contributed by atoms with Gasteiger partial charge in [-0.1, -0.05) is 53.4 Å². The summed E-state index contributed by atoms with van der Waals surface area (Å²) in [6, 6.07) is 21.8. The fourth-order valence-electron chi connectivity index (χ4n) is 4.66. The van der Waals surface area contributed by atoms with Crippen molar-refractivity contribution in [3.63, 3.8) is 0 Å². The van der Waals surface area contributed by atoms with Crippen molar-refractivity contribution in [2.24, 2.45) is 0 Å². The van der Waals surface area contributed by atoms with Crippen LogP contribution in [0.5, 0.6) is 0 Å². The summed E-state index contributed by atoms with van der Waals surface area (Å²) in [6.07, 6.45) is 8.60. The molecule has 5 rings (SSSR count). The van der Waals surface area contributed by atoms with Crippen molar-refractivity contribution in [1.29, 1.82) is 0 Å². The second-order valence-electron chi connectivity index (χ2n) is 10.1. The number of hydrogen-bond donors (Lipinski definition) is 0. The molecule has 4 aromatic rings. The van der Waals surface area contributed by atoms with Crippen molar-refractivity contribution in [2.45, 2.75) is 44.7 Å². The number of fused-ring (bicyclic) bond motifs is 2. The number of para-hydroxylation sites is 2. The lowest BCUT2D eigenvalue weighted by Gasteiger charge is -2.21. The number of anilines is 1. The first-order valence-electron chi connectivity index (χ1n) is 14.1. The van der Waals surface area contributed by atoms with Gasteiger partial charge in [0.2, 0.25) is 5.52 Å². The van der Waals surface area contributed by atoms with Crippen LogP contribution in [0.3, 0.4) is 0 Å². The Morgan fingerprint density at radius 3 is 2.23 bits per heavy atom. The minimum absolute atomic E-state index is 0.222. The third kappa shape index (κ3) is 9.98. The van der Waals surface area contributed by atoms with Crippen molar-refractivity contribution in [2.75, 3.05) is 23.0 Å². The number of benzene rings is 2. The van der Waals surface area contributed by atoms with Gasteiger partial charge in [0.25, 0.3) is 5.01 Å². The molecule has 0 amide bonds. The zero-order valence-electron chi connectivity index (χ0n) is 24.5. The highest BCUT2D eigenvalue weighted by atomic mass is 32.2. The lowest BCUT2D eigenvalue weighted by Crippen LogP contribution is -2.36. The Labute approximate surface area is 267 Å². The van der Waals surface area contributed by atoms with E-state index in [4.69, 9.17) is 0 Å². The van der Waals surface area contributed by atoms with Crippen LogP contribution in [-0.4, -0.2) is 44.0 Å². The van der Waals surface area contributed by atoms with Crippen LogP contribution in [0.2, 0.25) is 0 Å². The molecule has 0 aliphatic carbocycles. The summed E-state index contributed by atoms with van der Waals surface area (Å²) in [5.74, 6) is -0.835. The van der Waals surface area contributed by atoms with Crippen LogP contribution in [0.15, 0.2) is 101 Å². The smallest absolute Gasteiger partial charge is 0.263 e. The van der Waals surface area contributed by atoms with E-state index in [0.29, 0.717) is 13.1 Å². The first-order valence-corrected chi connectivity index (χ1v) is 18.9. The van der Waals surface area contributed by atoms with Gasteiger partial charge in [0.15, 0.2) is 18.9 Å². The molecule has 0 radical (unpaired) electrons. The standard InChI is InChI=1S/C24H26N2O6S4.C7H10N/c1-18(16-23-25(12-6-14-35(27,28)29)19-8-2-4-10-21(19)33-23)17-24-26(13-7-15-36(30,31)32)20-9-3-5-11-22(20)34-24;1-2-8-6-4-3-5-7-8/h2-5,8-11,16-17H,6-7,12-15H2,1H3,(H-,27,28,29,30,31,32);3-7H,2H2,1H3/q;+1/p-1. The molecule has 0 fully saturated rings. The molecule has 0 bridgehead atoms. The van der Waals surface area contributed by atoms with Crippen molar-refractivity contribution in [1.82, 2.24) is 0 Å². The summed E-state index contributed by atoms with van der Waals surface area (Å²) in [5.41, 5.74) is 2.89. The largest absolute Gasteiger partial charge is 0.748 e. The second-order valence-corrected chi connectivity index (χ2v) is 15.3. The maximum Gasteiger partial charge on any atom is 0.263 e. The Kier molecular flexibility index (Phi) is 11.7. The molecule has 13 heteroatoms. The first-order chi connectivity index (χ1) is 20.9. The van der Waals surface area contributed by atoms with Gasteiger partial charge in [-0.15, -0.1) is 0 Å². The van der Waals surface area contributed by atoms with Crippen LogP contribution in [0.25, 0.3) is 16.3 Å². The van der Waals surface area contributed by atoms with E-state index in [1.807, 2.05) is 95.3 Å². The SMILES string of the molecule is CC(/C=C1\Sc2ccccc2N1CCCS(=O)(=O)[O-])=C\c1sc2ccccc2[n+]1CCCS(=O)(=O)[O-].CC[n+]1ccccc1. The average molecular weight is 674 g/mol. The Hall–Kier alpha value is -3.07.